The van der Waals surface area contributed by atoms with E-state index in [1.54, 1.807) is 23.2 Å². The van der Waals surface area contributed by atoms with E-state index in [2.05, 4.69) is 20.6 Å². The molecule has 7 rings (SSSR count). The van der Waals surface area contributed by atoms with E-state index in [1.807, 2.05) is 63.9 Å². The molecule has 0 radical (unpaired) electrons. The number of nitrogens with zero attached hydrogens (tertiary/aromatic N) is 4. The zero-order valence-electron chi connectivity index (χ0n) is 34.0. The van der Waals surface area contributed by atoms with Gasteiger partial charge in [0.05, 0.1) is 49.0 Å². The number of alkyl carbamates (subject to hydrolysis) is 2. The van der Waals surface area contributed by atoms with Gasteiger partial charge in [-0.25, -0.2) is 14.6 Å². The van der Waals surface area contributed by atoms with E-state index in [9.17, 15) is 24.0 Å². The number of aryl methyl sites for hydroxylation is 1. The number of carbonyl (C=O) groups is 4. The Morgan fingerprint density at radius 1 is 0.845 bits per heavy atom. The van der Waals surface area contributed by atoms with Gasteiger partial charge in [-0.1, -0.05) is 27.7 Å². The molecule has 4 atom stereocenters. The van der Waals surface area contributed by atoms with Crippen LogP contribution < -0.4 is 16.1 Å². The number of allylic oxidation sites excluding steroid dienone is 1. The maximum Gasteiger partial charge on any atom is 0.407 e. The van der Waals surface area contributed by atoms with Crippen molar-refractivity contribution in [3.8, 4) is 11.3 Å². The van der Waals surface area contributed by atoms with Crippen molar-refractivity contribution < 1.29 is 33.1 Å². The van der Waals surface area contributed by atoms with Crippen LogP contribution in [0.4, 0.5) is 9.59 Å². The minimum Gasteiger partial charge on any atom is -0.456 e. The molecule has 2 aromatic carbocycles. The standard InChI is InChI=1S/C43H51N7O8/c1-22(2)36(47-42(54)56-6)40(52)49-14-8-10-32(49)30-18-26(20-44-30)27-19-35-28(16-24(27)5)38(51)29-17-25(12-13-34(29)58-35)31-21-45-39(46-31)33-11-9-15-50(33)41(53)37(23(3)4)48-43(55)57-7/h12-13,16-17,19-23,32-33,36-37H,8-11,14-15,18H2,1-7H3,(H,45,46)(H,47,54)(H,48,55)/t32-,33-,36-,37-/m0/s1. The van der Waals surface area contributed by atoms with Crippen molar-refractivity contribution >= 4 is 57.2 Å². The number of hydrogen-bond acceptors (Lipinski definition) is 10. The quantitative estimate of drug-likeness (QED) is 0.156. The van der Waals surface area contributed by atoms with Crippen molar-refractivity contribution in [1.82, 2.24) is 30.4 Å². The van der Waals surface area contributed by atoms with Crippen molar-refractivity contribution in [3.05, 3.63) is 69.9 Å². The number of fused-ring (bicyclic) bond motifs is 2. The van der Waals surface area contributed by atoms with Crippen LogP contribution >= 0.6 is 0 Å². The molecule has 4 amide bonds. The van der Waals surface area contributed by atoms with Gasteiger partial charge in [0.15, 0.2) is 0 Å². The summed E-state index contributed by atoms with van der Waals surface area (Å²) in [5.74, 6) is 0.0186. The SMILES string of the molecule is COC(=O)N[C@H](C(=O)N1CCC[C@H]1C1=NC=C(c2cc3oc4ccc(-c5cnc([C@@H]6CCCN6C(=O)[C@@H](NC(=O)OC)C(C)C)[nH]5)cc4c(=O)c3cc2C)C1)C(C)C. The molecule has 2 fully saturated rings. The molecule has 2 aromatic heterocycles. The van der Waals surface area contributed by atoms with Gasteiger partial charge in [0.25, 0.3) is 0 Å². The highest BCUT2D eigenvalue weighted by Gasteiger charge is 2.39. The van der Waals surface area contributed by atoms with Crippen LogP contribution in [-0.4, -0.2) is 94.9 Å². The lowest BCUT2D eigenvalue weighted by Gasteiger charge is -2.31. The number of aromatic amines is 1. The van der Waals surface area contributed by atoms with Gasteiger partial charge in [-0.2, -0.15) is 0 Å². The van der Waals surface area contributed by atoms with E-state index in [0.29, 0.717) is 59.4 Å². The number of carbonyl (C=O) groups excluding carboxylic acids is 4. The second-order valence-electron chi connectivity index (χ2n) is 16.0. The van der Waals surface area contributed by atoms with Gasteiger partial charge in [0.2, 0.25) is 17.2 Å². The lowest BCUT2D eigenvalue weighted by Crippen LogP contribution is -2.53. The Morgan fingerprint density at radius 3 is 2.07 bits per heavy atom. The van der Waals surface area contributed by atoms with E-state index in [0.717, 1.165) is 47.2 Å². The fraction of sp³-hybridized carbons (Fsp3) is 0.465. The molecule has 4 aromatic rings. The number of ether oxygens (including phenoxy) is 2. The number of amides is 4. The summed E-state index contributed by atoms with van der Waals surface area (Å²) in [6.07, 6.45) is 5.92. The first-order chi connectivity index (χ1) is 27.8. The number of imidazole rings is 1. The molecule has 2 saturated heterocycles. The number of hydrogen-bond donors (Lipinski definition) is 3. The molecule has 3 aliphatic rings. The van der Waals surface area contributed by atoms with Crippen molar-refractivity contribution in [2.24, 2.45) is 16.8 Å². The summed E-state index contributed by atoms with van der Waals surface area (Å²) in [5.41, 5.74) is 5.86. The lowest BCUT2D eigenvalue weighted by atomic mass is 9.94. The lowest BCUT2D eigenvalue weighted by molar-refractivity contribution is -0.135. The number of aromatic nitrogens is 2. The third-order valence-electron chi connectivity index (χ3n) is 11.6. The minimum atomic E-state index is -0.737. The summed E-state index contributed by atoms with van der Waals surface area (Å²) in [6.45, 7) is 10.6. The average molecular weight is 794 g/mol. The van der Waals surface area contributed by atoms with E-state index in [-0.39, 0.29) is 41.2 Å². The summed E-state index contributed by atoms with van der Waals surface area (Å²) < 4.78 is 15.9. The maximum atomic E-state index is 14.0. The number of methoxy groups -OCH3 is 2. The third-order valence-corrected chi connectivity index (χ3v) is 11.6. The third kappa shape index (κ3) is 7.69. The van der Waals surface area contributed by atoms with E-state index < -0.39 is 24.3 Å². The average Bonchev–Trinajstić information content (AvgIpc) is 4.05. The van der Waals surface area contributed by atoms with Crippen LogP contribution in [0, 0.1) is 18.8 Å². The molecule has 0 bridgehead atoms. The van der Waals surface area contributed by atoms with Crippen LogP contribution in [0.2, 0.25) is 0 Å². The van der Waals surface area contributed by atoms with Crippen LogP contribution in [0.1, 0.15) is 82.8 Å². The number of likely N-dealkylation sites (tertiary alicyclic amines) is 2. The molecule has 15 nitrogen and oxygen atoms in total. The molecule has 3 aliphatic heterocycles. The van der Waals surface area contributed by atoms with E-state index in [4.69, 9.17) is 18.9 Å². The minimum absolute atomic E-state index is 0.127. The monoisotopic (exact) mass is 793 g/mol. The first-order valence-corrected chi connectivity index (χ1v) is 19.9. The molecule has 0 saturated carbocycles. The van der Waals surface area contributed by atoms with Crippen LogP contribution in [0.3, 0.4) is 0 Å². The number of rotatable bonds is 10. The van der Waals surface area contributed by atoms with Crippen LogP contribution in [0.25, 0.3) is 38.8 Å². The molecule has 5 heterocycles. The zero-order chi connectivity index (χ0) is 41.4. The topological polar surface area (TPSA) is 189 Å². The Balaban J connectivity index is 1.09. The summed E-state index contributed by atoms with van der Waals surface area (Å²) in [5, 5.41) is 6.26. The molecule has 3 N–H and O–H groups in total. The van der Waals surface area contributed by atoms with Gasteiger partial charge in [-0.3, -0.25) is 19.4 Å². The van der Waals surface area contributed by atoms with E-state index >= 15 is 0 Å². The summed E-state index contributed by atoms with van der Waals surface area (Å²) >= 11 is 0. The predicted octanol–water partition coefficient (Wildman–Crippen LogP) is 6.25. The maximum absolute atomic E-state index is 14.0. The molecule has 306 valence electrons. The predicted molar refractivity (Wildman–Crippen MR) is 219 cm³/mol. The number of H-pyrrole nitrogens is 1. The molecule has 0 aliphatic carbocycles. The Hall–Kier alpha value is -5.99. The Morgan fingerprint density at radius 2 is 1.45 bits per heavy atom. The zero-order valence-corrected chi connectivity index (χ0v) is 34.0. The Labute approximate surface area is 336 Å². The van der Waals surface area contributed by atoms with Crippen molar-refractivity contribution in [1.29, 1.82) is 0 Å². The van der Waals surface area contributed by atoms with Gasteiger partial charge in [-0.15, -0.1) is 0 Å². The van der Waals surface area contributed by atoms with Gasteiger partial charge in [-0.05, 0) is 91.5 Å². The van der Waals surface area contributed by atoms with Gasteiger partial charge in [0.1, 0.15) is 29.1 Å². The van der Waals surface area contributed by atoms with Gasteiger partial charge >= 0.3 is 12.2 Å². The first kappa shape index (κ1) is 40.2. The van der Waals surface area contributed by atoms with Crippen LogP contribution in [-0.2, 0) is 19.1 Å². The highest BCUT2D eigenvalue weighted by Crippen LogP contribution is 2.36. The summed E-state index contributed by atoms with van der Waals surface area (Å²) in [7, 11) is 2.55. The molecule has 0 unspecified atom stereocenters. The molecule has 58 heavy (non-hydrogen) atoms. The number of nitrogens with one attached hydrogen (secondary N) is 3. The van der Waals surface area contributed by atoms with Gasteiger partial charge in [0, 0.05) is 37.0 Å². The van der Waals surface area contributed by atoms with Crippen molar-refractivity contribution in [3.63, 3.8) is 0 Å². The normalized spacial score (nSPS) is 19.1. The summed E-state index contributed by atoms with van der Waals surface area (Å²) in [4.78, 5) is 81.8. The molecule has 0 spiro atoms. The highest BCUT2D eigenvalue weighted by molar-refractivity contribution is 6.05. The second kappa shape index (κ2) is 16.5. The fourth-order valence-corrected chi connectivity index (χ4v) is 8.44. The Bertz CT molecular complexity index is 2390. The Kier molecular flexibility index (Phi) is 11.4. The van der Waals surface area contributed by atoms with Crippen molar-refractivity contribution in [2.75, 3.05) is 27.3 Å². The number of benzene rings is 2. The van der Waals surface area contributed by atoms with Gasteiger partial charge < -0.3 is 39.3 Å². The van der Waals surface area contributed by atoms with Crippen LogP contribution in [0.5, 0.6) is 0 Å². The molecular formula is C43H51N7O8. The van der Waals surface area contributed by atoms with Crippen molar-refractivity contribution in [2.45, 2.75) is 90.9 Å². The molecule has 15 heteroatoms. The largest absolute Gasteiger partial charge is 0.456 e. The summed E-state index contributed by atoms with van der Waals surface area (Å²) in [6, 6.07) is 7.28. The van der Waals surface area contributed by atoms with E-state index in [1.165, 1.54) is 14.2 Å². The first-order valence-electron chi connectivity index (χ1n) is 19.9. The fourth-order valence-electron chi connectivity index (χ4n) is 8.44. The smallest absolute Gasteiger partial charge is 0.407 e. The second-order valence-corrected chi connectivity index (χ2v) is 16.0. The number of aliphatic imine (C=N–C) groups is 1. The molecular weight excluding hydrogens is 743 g/mol. The van der Waals surface area contributed by atoms with Crippen LogP contribution in [0.15, 0.2) is 56.9 Å². The highest BCUT2D eigenvalue weighted by atomic mass is 16.5.